The Morgan fingerprint density at radius 1 is 1.56 bits per heavy atom. The van der Waals surface area contributed by atoms with Crippen LogP contribution in [0.4, 0.5) is 11.6 Å². The van der Waals surface area contributed by atoms with Gasteiger partial charge in [0.1, 0.15) is 17.5 Å². The van der Waals surface area contributed by atoms with E-state index in [4.69, 9.17) is 5.73 Å². The van der Waals surface area contributed by atoms with Crippen molar-refractivity contribution in [3.05, 3.63) is 11.9 Å². The van der Waals surface area contributed by atoms with Crippen LogP contribution < -0.4 is 16.0 Å². The van der Waals surface area contributed by atoms with Crippen LogP contribution in [0, 0.1) is 0 Å². The fourth-order valence-corrected chi connectivity index (χ4v) is 1.74. The van der Waals surface area contributed by atoms with Crippen molar-refractivity contribution in [1.29, 1.82) is 0 Å². The minimum atomic E-state index is -0.0230. The average molecular weight is 249 g/mol. The lowest BCUT2D eigenvalue weighted by molar-refractivity contribution is -0.119. The maximum absolute atomic E-state index is 11.5. The first-order valence-corrected chi connectivity index (χ1v) is 6.22. The Bertz CT molecular complexity index is 444. The number of anilines is 2. The number of nitrogens with one attached hydrogen (secondary N) is 1. The molecule has 3 N–H and O–H groups in total. The van der Waals surface area contributed by atoms with Crippen molar-refractivity contribution < 1.29 is 4.79 Å². The molecule has 0 aromatic carbocycles. The number of carbonyl (C=O) groups excluding carboxylic acids is 1. The third-order valence-electron chi connectivity index (χ3n) is 2.84. The molecule has 2 rings (SSSR count). The monoisotopic (exact) mass is 249 g/mol. The van der Waals surface area contributed by atoms with Gasteiger partial charge in [0.25, 0.3) is 0 Å². The third kappa shape index (κ3) is 3.09. The summed E-state index contributed by atoms with van der Waals surface area (Å²) < 4.78 is 0. The Morgan fingerprint density at radius 3 is 2.89 bits per heavy atom. The summed E-state index contributed by atoms with van der Waals surface area (Å²) in [4.78, 5) is 22.0. The van der Waals surface area contributed by atoms with Crippen LogP contribution in [0.15, 0.2) is 6.07 Å². The molecule has 1 aromatic rings. The SMILES string of the molecule is CCNC(=O)CN(C)c1cc(N)nc(C2CC2)n1. The molecule has 1 heterocycles. The first-order chi connectivity index (χ1) is 8.60. The Hall–Kier alpha value is -1.85. The molecule has 6 nitrogen and oxygen atoms in total. The zero-order valence-corrected chi connectivity index (χ0v) is 10.8. The highest BCUT2D eigenvalue weighted by Gasteiger charge is 2.27. The molecule has 0 unspecified atom stereocenters. The van der Waals surface area contributed by atoms with Gasteiger partial charge in [0.05, 0.1) is 6.54 Å². The fourth-order valence-electron chi connectivity index (χ4n) is 1.74. The Labute approximate surface area is 107 Å². The van der Waals surface area contributed by atoms with E-state index in [9.17, 15) is 4.79 Å². The minimum absolute atomic E-state index is 0.0230. The van der Waals surface area contributed by atoms with Gasteiger partial charge in [-0.25, -0.2) is 9.97 Å². The highest BCUT2D eigenvalue weighted by Crippen LogP contribution is 2.38. The maximum atomic E-state index is 11.5. The van der Waals surface area contributed by atoms with Crippen molar-refractivity contribution >= 4 is 17.5 Å². The number of carbonyl (C=O) groups is 1. The lowest BCUT2D eigenvalue weighted by Crippen LogP contribution is -2.35. The van der Waals surface area contributed by atoms with Crippen LogP contribution in [-0.2, 0) is 4.79 Å². The molecular formula is C12H19N5O. The zero-order chi connectivity index (χ0) is 13.1. The average Bonchev–Trinajstić information content (AvgIpc) is 3.12. The van der Waals surface area contributed by atoms with Gasteiger partial charge in [0.15, 0.2) is 0 Å². The van der Waals surface area contributed by atoms with Crippen LogP contribution in [0.2, 0.25) is 0 Å². The molecule has 0 saturated heterocycles. The van der Waals surface area contributed by atoms with Crippen molar-refractivity contribution in [2.24, 2.45) is 0 Å². The van der Waals surface area contributed by atoms with E-state index in [1.54, 1.807) is 11.0 Å². The molecule has 1 aromatic heterocycles. The van der Waals surface area contributed by atoms with E-state index in [2.05, 4.69) is 15.3 Å². The van der Waals surface area contributed by atoms with Crippen LogP contribution in [0.3, 0.4) is 0 Å². The Morgan fingerprint density at radius 2 is 2.28 bits per heavy atom. The fraction of sp³-hybridized carbons (Fsp3) is 0.583. The van der Waals surface area contributed by atoms with Crippen LogP contribution >= 0.6 is 0 Å². The third-order valence-corrected chi connectivity index (χ3v) is 2.84. The topological polar surface area (TPSA) is 84.1 Å². The van der Waals surface area contributed by atoms with Crippen LogP contribution in [-0.4, -0.2) is 36.0 Å². The molecule has 6 heteroatoms. The van der Waals surface area contributed by atoms with E-state index in [1.807, 2.05) is 14.0 Å². The van der Waals surface area contributed by atoms with Crippen LogP contribution in [0.1, 0.15) is 31.5 Å². The number of amides is 1. The lowest BCUT2D eigenvalue weighted by atomic mass is 10.3. The quantitative estimate of drug-likeness (QED) is 0.794. The number of likely N-dealkylation sites (N-methyl/N-ethyl adjacent to an activating group) is 2. The summed E-state index contributed by atoms with van der Waals surface area (Å²) in [5.74, 6) is 2.39. The molecule has 0 atom stereocenters. The summed E-state index contributed by atoms with van der Waals surface area (Å²) in [5, 5.41) is 2.76. The molecule has 1 fully saturated rings. The molecule has 1 amide bonds. The van der Waals surface area contributed by atoms with E-state index in [1.165, 1.54) is 0 Å². The summed E-state index contributed by atoms with van der Waals surface area (Å²) in [7, 11) is 1.83. The van der Waals surface area contributed by atoms with E-state index < -0.39 is 0 Å². The normalized spacial score (nSPS) is 14.3. The zero-order valence-electron chi connectivity index (χ0n) is 10.8. The number of aromatic nitrogens is 2. The van der Waals surface area contributed by atoms with Gasteiger partial charge in [-0.1, -0.05) is 0 Å². The number of nitrogens with two attached hydrogens (primary N) is 1. The number of hydrogen-bond donors (Lipinski definition) is 2. The van der Waals surface area contributed by atoms with Gasteiger partial charge >= 0.3 is 0 Å². The first kappa shape index (κ1) is 12.6. The van der Waals surface area contributed by atoms with Gasteiger partial charge in [-0.15, -0.1) is 0 Å². The summed E-state index contributed by atoms with van der Waals surface area (Å²) in [5.41, 5.74) is 5.77. The van der Waals surface area contributed by atoms with Gasteiger partial charge in [-0.3, -0.25) is 4.79 Å². The predicted molar refractivity (Wildman–Crippen MR) is 70.4 cm³/mol. The van der Waals surface area contributed by atoms with E-state index in [-0.39, 0.29) is 12.5 Å². The Balaban J connectivity index is 2.09. The van der Waals surface area contributed by atoms with Crippen molar-refractivity contribution in [2.45, 2.75) is 25.7 Å². The molecule has 1 aliphatic carbocycles. The van der Waals surface area contributed by atoms with Gasteiger partial charge in [0, 0.05) is 25.6 Å². The summed E-state index contributed by atoms with van der Waals surface area (Å²) in [6.45, 7) is 2.80. The molecule has 0 spiro atoms. The Kier molecular flexibility index (Phi) is 3.64. The molecule has 1 aliphatic rings. The van der Waals surface area contributed by atoms with Crippen molar-refractivity contribution in [3.63, 3.8) is 0 Å². The number of hydrogen-bond acceptors (Lipinski definition) is 5. The van der Waals surface area contributed by atoms with E-state index >= 15 is 0 Å². The first-order valence-electron chi connectivity index (χ1n) is 6.22. The molecule has 18 heavy (non-hydrogen) atoms. The van der Waals surface area contributed by atoms with Crippen molar-refractivity contribution in [1.82, 2.24) is 15.3 Å². The number of nitrogen functional groups attached to an aromatic ring is 1. The van der Waals surface area contributed by atoms with Gasteiger partial charge in [0.2, 0.25) is 5.91 Å². The second kappa shape index (κ2) is 5.20. The van der Waals surface area contributed by atoms with Gasteiger partial charge < -0.3 is 16.0 Å². The lowest BCUT2D eigenvalue weighted by Gasteiger charge is -2.18. The van der Waals surface area contributed by atoms with E-state index in [0.717, 1.165) is 18.7 Å². The number of nitrogens with zero attached hydrogens (tertiary/aromatic N) is 3. The molecular weight excluding hydrogens is 230 g/mol. The second-order valence-electron chi connectivity index (χ2n) is 4.59. The molecule has 1 saturated carbocycles. The smallest absolute Gasteiger partial charge is 0.239 e. The largest absolute Gasteiger partial charge is 0.384 e. The van der Waals surface area contributed by atoms with Crippen LogP contribution in [0.25, 0.3) is 0 Å². The summed E-state index contributed by atoms with van der Waals surface area (Å²) >= 11 is 0. The summed E-state index contributed by atoms with van der Waals surface area (Å²) in [6, 6.07) is 1.70. The highest BCUT2D eigenvalue weighted by atomic mass is 16.2. The molecule has 0 bridgehead atoms. The molecule has 0 radical (unpaired) electrons. The molecule has 98 valence electrons. The van der Waals surface area contributed by atoms with Crippen LogP contribution in [0.5, 0.6) is 0 Å². The summed E-state index contributed by atoms with van der Waals surface area (Å²) in [6.07, 6.45) is 2.26. The molecule has 0 aliphatic heterocycles. The second-order valence-corrected chi connectivity index (χ2v) is 4.59. The highest BCUT2D eigenvalue weighted by molar-refractivity contribution is 5.80. The van der Waals surface area contributed by atoms with Crippen molar-refractivity contribution in [2.75, 3.05) is 30.8 Å². The standard InChI is InChI=1S/C12H19N5O/c1-3-14-11(18)7-17(2)10-6-9(13)15-12(16-10)8-4-5-8/h6,8H,3-5,7H2,1-2H3,(H,14,18)(H2,13,15,16). The van der Waals surface area contributed by atoms with Gasteiger partial charge in [-0.2, -0.15) is 0 Å². The minimum Gasteiger partial charge on any atom is -0.384 e. The van der Waals surface area contributed by atoms with Crippen molar-refractivity contribution in [3.8, 4) is 0 Å². The number of rotatable bonds is 5. The predicted octanol–water partition coefficient (Wildman–Crippen LogP) is 0.508. The van der Waals surface area contributed by atoms with E-state index in [0.29, 0.717) is 24.1 Å². The maximum Gasteiger partial charge on any atom is 0.239 e. The van der Waals surface area contributed by atoms with Gasteiger partial charge in [-0.05, 0) is 19.8 Å².